The third-order valence-electron chi connectivity index (χ3n) is 5.53. The highest BCUT2D eigenvalue weighted by Gasteiger charge is 2.25. The van der Waals surface area contributed by atoms with Crippen LogP contribution in [0.5, 0.6) is 0 Å². The number of nitrogens with one attached hydrogen (secondary N) is 1. The Balaban J connectivity index is 1.52. The van der Waals surface area contributed by atoms with E-state index in [0.717, 1.165) is 25.1 Å². The van der Waals surface area contributed by atoms with Crippen LogP contribution in [0, 0.1) is 0 Å². The zero-order chi connectivity index (χ0) is 20.8. The summed E-state index contributed by atoms with van der Waals surface area (Å²) in [5.41, 5.74) is 3.73. The average Bonchev–Trinajstić information content (AvgIpc) is 2.81. The number of hydrogen-bond donors (Lipinski definition) is 1. The molecule has 0 spiro atoms. The number of rotatable bonds is 7. The molecule has 1 aliphatic rings. The van der Waals surface area contributed by atoms with Gasteiger partial charge in [0.05, 0.1) is 4.90 Å². The fourth-order valence-corrected chi connectivity index (χ4v) is 4.95. The van der Waals surface area contributed by atoms with Gasteiger partial charge in [-0.25, -0.2) is 13.1 Å². The Morgan fingerprint density at radius 2 is 1.43 bits per heavy atom. The first kappa shape index (κ1) is 20.5. The first-order chi connectivity index (χ1) is 14.6. The van der Waals surface area contributed by atoms with Gasteiger partial charge in [0.2, 0.25) is 10.0 Å². The van der Waals surface area contributed by atoms with Gasteiger partial charge in [-0.2, -0.15) is 0 Å². The Morgan fingerprint density at radius 1 is 0.833 bits per heavy atom. The number of nitrogens with zero attached hydrogens (tertiary/aromatic N) is 1. The van der Waals surface area contributed by atoms with Crippen molar-refractivity contribution in [1.29, 1.82) is 0 Å². The molecule has 4 nitrogen and oxygen atoms in total. The lowest BCUT2D eigenvalue weighted by Crippen LogP contribution is -2.40. The molecule has 5 heteroatoms. The van der Waals surface area contributed by atoms with E-state index in [0.29, 0.717) is 11.4 Å². The van der Waals surface area contributed by atoms with Gasteiger partial charge in [0, 0.05) is 25.7 Å². The van der Waals surface area contributed by atoms with E-state index in [2.05, 4.69) is 52.1 Å². The molecule has 4 rings (SSSR count). The largest absolute Gasteiger partial charge is 0.291 e. The molecule has 30 heavy (non-hydrogen) atoms. The van der Waals surface area contributed by atoms with Crippen LogP contribution >= 0.6 is 0 Å². The van der Waals surface area contributed by atoms with Gasteiger partial charge in [-0.3, -0.25) is 4.90 Å². The minimum absolute atomic E-state index is 0.0294. The van der Waals surface area contributed by atoms with Crippen molar-refractivity contribution in [2.75, 3.05) is 19.6 Å². The molecule has 0 bridgehead atoms. The van der Waals surface area contributed by atoms with Gasteiger partial charge in [0.1, 0.15) is 0 Å². The van der Waals surface area contributed by atoms with E-state index in [1.54, 1.807) is 24.3 Å². The molecular formula is C25H26N2O2S. The Kier molecular flexibility index (Phi) is 6.43. The van der Waals surface area contributed by atoms with Crippen molar-refractivity contribution in [1.82, 2.24) is 9.62 Å². The highest BCUT2D eigenvalue weighted by molar-refractivity contribution is 7.89. The van der Waals surface area contributed by atoms with E-state index in [1.165, 1.54) is 11.1 Å². The topological polar surface area (TPSA) is 49.4 Å². The average molecular weight is 419 g/mol. The molecule has 1 aliphatic heterocycles. The Morgan fingerprint density at radius 3 is 2.03 bits per heavy atom. The van der Waals surface area contributed by atoms with Gasteiger partial charge in [0.25, 0.3) is 0 Å². The van der Waals surface area contributed by atoms with Gasteiger partial charge in [-0.15, -0.1) is 0 Å². The van der Waals surface area contributed by atoms with Crippen LogP contribution in [-0.4, -0.2) is 33.0 Å². The van der Waals surface area contributed by atoms with Gasteiger partial charge in [-0.1, -0.05) is 84.9 Å². The number of sulfonamides is 1. The van der Waals surface area contributed by atoms with Crippen molar-refractivity contribution in [3.05, 3.63) is 108 Å². The van der Waals surface area contributed by atoms with Crippen LogP contribution in [0.3, 0.4) is 0 Å². The standard InChI is InChI=1S/C25H26N2O2S/c28-30(29,24-14-8-3-9-15-24)26-20-25(23-12-6-2-7-13-23)27-18-16-22(17-19-27)21-10-4-1-5-11-21/h1-16,25-26H,17-20H2/t25-/m0/s1. The molecule has 0 aliphatic carbocycles. The van der Waals surface area contributed by atoms with E-state index >= 15 is 0 Å². The van der Waals surface area contributed by atoms with E-state index in [9.17, 15) is 8.42 Å². The molecule has 1 N–H and O–H groups in total. The lowest BCUT2D eigenvalue weighted by atomic mass is 9.97. The minimum Gasteiger partial charge on any atom is -0.291 e. The van der Waals surface area contributed by atoms with Crippen molar-refractivity contribution < 1.29 is 8.42 Å². The summed E-state index contributed by atoms with van der Waals surface area (Å²) in [5.74, 6) is 0. The second-order valence-electron chi connectivity index (χ2n) is 7.43. The van der Waals surface area contributed by atoms with Crippen LogP contribution in [-0.2, 0) is 10.0 Å². The van der Waals surface area contributed by atoms with Crippen LogP contribution in [0.15, 0.2) is 102 Å². The van der Waals surface area contributed by atoms with Crippen LogP contribution in [0.25, 0.3) is 5.57 Å². The second-order valence-corrected chi connectivity index (χ2v) is 9.20. The molecule has 154 valence electrons. The fraction of sp³-hybridized carbons (Fsp3) is 0.200. The molecule has 0 amide bonds. The van der Waals surface area contributed by atoms with E-state index in [-0.39, 0.29) is 6.04 Å². The Labute approximate surface area is 178 Å². The van der Waals surface area contributed by atoms with Crippen LogP contribution in [0.4, 0.5) is 0 Å². The monoisotopic (exact) mass is 418 g/mol. The quantitative estimate of drug-likeness (QED) is 0.615. The predicted molar refractivity (Wildman–Crippen MR) is 121 cm³/mol. The number of hydrogen-bond acceptors (Lipinski definition) is 3. The van der Waals surface area contributed by atoms with Crippen molar-refractivity contribution >= 4 is 15.6 Å². The molecule has 0 aromatic heterocycles. The predicted octanol–water partition coefficient (Wildman–Crippen LogP) is 4.50. The zero-order valence-corrected chi connectivity index (χ0v) is 17.6. The maximum absolute atomic E-state index is 12.7. The molecule has 0 saturated carbocycles. The first-order valence-corrected chi connectivity index (χ1v) is 11.7. The summed E-state index contributed by atoms with van der Waals surface area (Å²) in [6.07, 6.45) is 3.21. The molecule has 0 saturated heterocycles. The highest BCUT2D eigenvalue weighted by Crippen LogP contribution is 2.28. The van der Waals surface area contributed by atoms with Crippen molar-refractivity contribution in [3.63, 3.8) is 0 Å². The molecule has 0 radical (unpaired) electrons. The Bertz CT molecular complexity index is 1080. The van der Waals surface area contributed by atoms with E-state index < -0.39 is 10.0 Å². The molecule has 3 aromatic rings. The molecule has 1 heterocycles. The maximum atomic E-state index is 12.7. The summed E-state index contributed by atoms with van der Waals surface area (Å²) in [6, 6.07) is 29.1. The zero-order valence-electron chi connectivity index (χ0n) is 16.8. The third kappa shape index (κ3) is 4.87. The lowest BCUT2D eigenvalue weighted by Gasteiger charge is -2.34. The minimum atomic E-state index is -3.55. The SMILES string of the molecule is O=S(=O)(NC[C@@H](c1ccccc1)N1CC=C(c2ccccc2)CC1)c1ccccc1. The summed E-state index contributed by atoms with van der Waals surface area (Å²) < 4.78 is 28.3. The summed E-state index contributed by atoms with van der Waals surface area (Å²) >= 11 is 0. The van der Waals surface area contributed by atoms with Gasteiger partial charge < -0.3 is 0 Å². The summed E-state index contributed by atoms with van der Waals surface area (Å²) in [6.45, 7) is 2.00. The molecule has 3 aromatic carbocycles. The summed E-state index contributed by atoms with van der Waals surface area (Å²) in [4.78, 5) is 2.64. The normalized spacial score (nSPS) is 16.1. The fourth-order valence-electron chi connectivity index (χ4n) is 3.89. The van der Waals surface area contributed by atoms with Gasteiger partial charge in [0.15, 0.2) is 0 Å². The first-order valence-electron chi connectivity index (χ1n) is 10.2. The molecule has 0 unspecified atom stereocenters. The van der Waals surface area contributed by atoms with Crippen LogP contribution in [0.1, 0.15) is 23.6 Å². The molecule has 0 fully saturated rings. The van der Waals surface area contributed by atoms with Crippen LogP contribution < -0.4 is 4.72 Å². The van der Waals surface area contributed by atoms with E-state index in [4.69, 9.17) is 0 Å². The van der Waals surface area contributed by atoms with Crippen molar-refractivity contribution in [2.24, 2.45) is 0 Å². The second kappa shape index (κ2) is 9.39. The molecular weight excluding hydrogens is 392 g/mol. The highest BCUT2D eigenvalue weighted by atomic mass is 32.2. The lowest BCUT2D eigenvalue weighted by molar-refractivity contribution is 0.219. The van der Waals surface area contributed by atoms with Gasteiger partial charge in [-0.05, 0) is 35.3 Å². The van der Waals surface area contributed by atoms with E-state index in [1.807, 2.05) is 30.3 Å². The summed E-state index contributed by atoms with van der Waals surface area (Å²) in [5, 5.41) is 0. The van der Waals surface area contributed by atoms with Gasteiger partial charge >= 0.3 is 0 Å². The Hall–Kier alpha value is -2.73. The smallest absolute Gasteiger partial charge is 0.240 e. The van der Waals surface area contributed by atoms with Crippen molar-refractivity contribution in [2.45, 2.75) is 17.4 Å². The maximum Gasteiger partial charge on any atom is 0.240 e. The summed E-state index contributed by atoms with van der Waals surface area (Å²) in [7, 11) is -3.55. The third-order valence-corrected chi connectivity index (χ3v) is 6.97. The number of benzene rings is 3. The van der Waals surface area contributed by atoms with Crippen LogP contribution in [0.2, 0.25) is 0 Å². The van der Waals surface area contributed by atoms with Crippen molar-refractivity contribution in [3.8, 4) is 0 Å². The molecule has 1 atom stereocenters.